The van der Waals surface area contributed by atoms with E-state index < -0.39 is 0 Å². The highest BCUT2D eigenvalue weighted by Crippen LogP contribution is 2.31. The second-order valence-corrected chi connectivity index (χ2v) is 9.23. The third-order valence-electron chi connectivity index (χ3n) is 6.63. The largest absolute Gasteiger partial charge is 0.489 e. The Labute approximate surface area is 211 Å². The molecule has 0 aromatic carbocycles. The van der Waals surface area contributed by atoms with Crippen molar-refractivity contribution in [3.8, 4) is 34.2 Å². The molecule has 1 fully saturated rings. The van der Waals surface area contributed by atoms with Gasteiger partial charge in [0.2, 0.25) is 0 Å². The van der Waals surface area contributed by atoms with Crippen molar-refractivity contribution in [2.24, 2.45) is 0 Å². The van der Waals surface area contributed by atoms with E-state index in [9.17, 15) is 0 Å². The fourth-order valence-electron chi connectivity index (χ4n) is 4.76. The molecule has 0 spiro atoms. The zero-order chi connectivity index (χ0) is 24.8. The summed E-state index contributed by atoms with van der Waals surface area (Å²) in [6, 6.07) is 4.00. The van der Waals surface area contributed by atoms with E-state index in [1.165, 1.54) is 0 Å². The molecule has 0 radical (unpaired) electrons. The number of nitrogens with one attached hydrogen (secondary N) is 3. The van der Waals surface area contributed by atoms with Gasteiger partial charge in [-0.1, -0.05) is 0 Å². The SMILES string of the molecule is Cc1cn(-c2cncc3[nH]c(-c4n[nH]c5cnc(-c6cncc(OC7CCNCC7)c6)cc45)nc23)cn1. The normalized spacial score (nSPS) is 14.5. The molecule has 1 aliphatic heterocycles. The van der Waals surface area contributed by atoms with Crippen molar-refractivity contribution >= 4 is 21.9 Å². The van der Waals surface area contributed by atoms with Crippen LogP contribution in [-0.2, 0) is 0 Å². The van der Waals surface area contributed by atoms with Gasteiger partial charge in [-0.2, -0.15) is 5.10 Å². The van der Waals surface area contributed by atoms with Crippen LogP contribution in [0.4, 0.5) is 0 Å². The lowest BCUT2D eigenvalue weighted by Crippen LogP contribution is -2.34. The number of rotatable bonds is 5. The van der Waals surface area contributed by atoms with Gasteiger partial charge in [-0.25, -0.2) is 9.97 Å². The topological polar surface area (TPSA) is 135 Å². The Morgan fingerprint density at radius 1 is 0.973 bits per heavy atom. The van der Waals surface area contributed by atoms with Crippen molar-refractivity contribution < 1.29 is 4.74 Å². The number of hydrogen-bond acceptors (Lipinski definition) is 8. The third kappa shape index (κ3) is 3.99. The van der Waals surface area contributed by atoms with Gasteiger partial charge in [0.1, 0.15) is 23.1 Å². The molecule has 7 heterocycles. The lowest BCUT2D eigenvalue weighted by Gasteiger charge is -2.23. The van der Waals surface area contributed by atoms with Gasteiger partial charge in [0, 0.05) is 23.3 Å². The zero-order valence-electron chi connectivity index (χ0n) is 20.1. The van der Waals surface area contributed by atoms with E-state index in [-0.39, 0.29) is 6.10 Å². The summed E-state index contributed by atoms with van der Waals surface area (Å²) in [5, 5.41) is 11.9. The molecule has 6 aromatic heterocycles. The van der Waals surface area contributed by atoms with Crippen molar-refractivity contribution in [2.45, 2.75) is 25.9 Å². The molecule has 0 bridgehead atoms. The Kier molecular flexibility index (Phi) is 5.14. The number of piperidine rings is 1. The maximum atomic E-state index is 6.19. The highest BCUT2D eigenvalue weighted by Gasteiger charge is 2.18. The number of H-pyrrole nitrogens is 2. The Hall–Kier alpha value is -4.64. The lowest BCUT2D eigenvalue weighted by atomic mass is 10.1. The lowest BCUT2D eigenvalue weighted by molar-refractivity contribution is 0.162. The van der Waals surface area contributed by atoms with E-state index >= 15 is 0 Å². The number of nitrogens with zero attached hydrogens (tertiary/aromatic N) is 7. The molecule has 0 atom stereocenters. The fourth-order valence-corrected chi connectivity index (χ4v) is 4.76. The Morgan fingerprint density at radius 2 is 1.86 bits per heavy atom. The van der Waals surface area contributed by atoms with E-state index in [1.807, 2.05) is 29.8 Å². The minimum Gasteiger partial charge on any atom is -0.489 e. The quantitative estimate of drug-likeness (QED) is 0.332. The monoisotopic (exact) mass is 492 g/mol. The molecule has 0 amide bonds. The van der Waals surface area contributed by atoms with Crippen LogP contribution in [0, 0.1) is 6.92 Å². The summed E-state index contributed by atoms with van der Waals surface area (Å²) in [6.45, 7) is 3.90. The molecular weight excluding hydrogens is 468 g/mol. The highest BCUT2D eigenvalue weighted by molar-refractivity contribution is 5.95. The smallest absolute Gasteiger partial charge is 0.159 e. The number of aromatic nitrogens is 9. The van der Waals surface area contributed by atoms with Gasteiger partial charge in [-0.05, 0) is 45.0 Å². The number of fused-ring (bicyclic) bond motifs is 2. The molecule has 37 heavy (non-hydrogen) atoms. The van der Waals surface area contributed by atoms with Crippen LogP contribution in [0.15, 0.2) is 55.6 Å². The molecular formula is C26H24N10O. The first-order valence-corrected chi connectivity index (χ1v) is 12.2. The van der Waals surface area contributed by atoms with Gasteiger partial charge in [-0.3, -0.25) is 20.1 Å². The number of aryl methyl sites for hydroxylation is 1. The number of ether oxygens (including phenoxy) is 1. The molecule has 7 rings (SSSR count). The summed E-state index contributed by atoms with van der Waals surface area (Å²) in [5.41, 5.74) is 6.56. The van der Waals surface area contributed by atoms with Gasteiger partial charge in [0.15, 0.2) is 5.82 Å². The summed E-state index contributed by atoms with van der Waals surface area (Å²) >= 11 is 0. The summed E-state index contributed by atoms with van der Waals surface area (Å²) in [7, 11) is 0. The molecule has 11 heteroatoms. The van der Waals surface area contributed by atoms with Crippen molar-refractivity contribution in [1.29, 1.82) is 0 Å². The molecule has 1 aliphatic rings. The summed E-state index contributed by atoms with van der Waals surface area (Å²) < 4.78 is 8.11. The van der Waals surface area contributed by atoms with Crippen LogP contribution in [0.25, 0.3) is 50.4 Å². The van der Waals surface area contributed by atoms with Gasteiger partial charge >= 0.3 is 0 Å². The number of aromatic amines is 2. The van der Waals surface area contributed by atoms with Crippen LogP contribution in [0.3, 0.4) is 0 Å². The molecule has 0 aliphatic carbocycles. The first-order chi connectivity index (χ1) is 18.2. The minimum atomic E-state index is 0.202. The molecule has 6 aromatic rings. The van der Waals surface area contributed by atoms with E-state index in [4.69, 9.17) is 9.72 Å². The molecule has 0 unspecified atom stereocenters. The van der Waals surface area contributed by atoms with Crippen LogP contribution in [-0.4, -0.2) is 63.9 Å². The Balaban J connectivity index is 1.26. The summed E-state index contributed by atoms with van der Waals surface area (Å²) in [6.07, 6.45) is 14.8. The maximum absolute atomic E-state index is 6.19. The third-order valence-corrected chi connectivity index (χ3v) is 6.63. The van der Waals surface area contributed by atoms with E-state index in [1.54, 1.807) is 37.3 Å². The molecule has 0 saturated carbocycles. The molecule has 1 saturated heterocycles. The standard InChI is InChI=1S/C26H24N10O/c1-15-13-36(14-31-15)23-12-29-10-22-25(23)33-26(32-22)24-19-7-20(30-11-21(19)34-35-24)16-6-18(9-28-8-16)37-17-2-4-27-5-3-17/h6-14,17,27H,2-5H2,1H3,(H,32,33)(H,34,35). The second kappa shape index (κ2) is 8.79. The first kappa shape index (κ1) is 21.6. The number of imidazole rings is 2. The van der Waals surface area contributed by atoms with Crippen molar-refractivity contribution in [3.05, 3.63) is 61.3 Å². The zero-order valence-corrected chi connectivity index (χ0v) is 20.1. The average molecular weight is 493 g/mol. The van der Waals surface area contributed by atoms with Crippen molar-refractivity contribution in [2.75, 3.05) is 13.1 Å². The maximum Gasteiger partial charge on any atom is 0.159 e. The average Bonchev–Trinajstić information content (AvgIpc) is 3.66. The van der Waals surface area contributed by atoms with Crippen LogP contribution in [0.1, 0.15) is 18.5 Å². The minimum absolute atomic E-state index is 0.202. The van der Waals surface area contributed by atoms with Crippen LogP contribution in [0.5, 0.6) is 5.75 Å². The predicted octanol–water partition coefficient (Wildman–Crippen LogP) is 3.58. The van der Waals surface area contributed by atoms with Crippen LogP contribution >= 0.6 is 0 Å². The van der Waals surface area contributed by atoms with Crippen LogP contribution < -0.4 is 10.1 Å². The van der Waals surface area contributed by atoms with E-state index in [0.717, 1.165) is 76.3 Å². The molecule has 3 N–H and O–H groups in total. The van der Waals surface area contributed by atoms with Crippen molar-refractivity contribution in [1.82, 2.24) is 50.0 Å². The second-order valence-electron chi connectivity index (χ2n) is 9.23. The van der Waals surface area contributed by atoms with E-state index in [0.29, 0.717) is 11.5 Å². The Morgan fingerprint density at radius 3 is 2.73 bits per heavy atom. The Bertz CT molecular complexity index is 1730. The molecule has 184 valence electrons. The number of hydrogen-bond donors (Lipinski definition) is 3. The summed E-state index contributed by atoms with van der Waals surface area (Å²) in [5.74, 6) is 1.40. The fraction of sp³-hybridized carbons (Fsp3) is 0.231. The van der Waals surface area contributed by atoms with Crippen LogP contribution in [0.2, 0.25) is 0 Å². The predicted molar refractivity (Wildman–Crippen MR) is 138 cm³/mol. The van der Waals surface area contributed by atoms with Gasteiger partial charge in [0.25, 0.3) is 0 Å². The number of pyridine rings is 3. The van der Waals surface area contributed by atoms with Crippen molar-refractivity contribution in [3.63, 3.8) is 0 Å². The van der Waals surface area contributed by atoms with Gasteiger partial charge < -0.3 is 19.6 Å². The van der Waals surface area contributed by atoms with Gasteiger partial charge in [-0.15, -0.1) is 0 Å². The highest BCUT2D eigenvalue weighted by atomic mass is 16.5. The van der Waals surface area contributed by atoms with E-state index in [2.05, 4.69) is 40.4 Å². The summed E-state index contributed by atoms with van der Waals surface area (Å²) in [4.78, 5) is 26.0. The van der Waals surface area contributed by atoms with Gasteiger partial charge in [0.05, 0.1) is 59.2 Å². The molecule has 11 nitrogen and oxygen atoms in total. The first-order valence-electron chi connectivity index (χ1n) is 12.2.